The number of carbonyl (C=O) groups is 2. The van der Waals surface area contributed by atoms with Crippen molar-refractivity contribution in [3.63, 3.8) is 0 Å². The van der Waals surface area contributed by atoms with Gasteiger partial charge in [-0.3, -0.25) is 14.9 Å². The maximum Gasteiger partial charge on any atom is 0.249 e. The van der Waals surface area contributed by atoms with Crippen LogP contribution >= 0.6 is 23.1 Å². The first-order valence-electron chi connectivity index (χ1n) is 9.38. The van der Waals surface area contributed by atoms with Crippen molar-refractivity contribution in [3.05, 3.63) is 60.7 Å². The van der Waals surface area contributed by atoms with Crippen molar-refractivity contribution < 1.29 is 9.59 Å². The number of benzene rings is 2. The molecule has 0 saturated carbocycles. The first-order chi connectivity index (χ1) is 14.2. The summed E-state index contributed by atoms with van der Waals surface area (Å²) in [5, 5.41) is 12.3. The number of hydrogen-bond donors (Lipinski definition) is 1. The van der Waals surface area contributed by atoms with E-state index in [0.29, 0.717) is 23.8 Å². The standard InChI is InChI=1S/C21H20N4O2S2/c26-18(14-28-16-10-5-2-6-11-16)25-13-7-12-17(25)19(27)22-21-24-23-20(29-21)15-8-3-1-4-9-15/h1-6,8-11,17H,7,12-14H2,(H,22,24,27). The third-order valence-corrected chi connectivity index (χ3v) is 6.54. The second-order valence-corrected chi connectivity index (χ2v) is 8.64. The van der Waals surface area contributed by atoms with E-state index < -0.39 is 6.04 Å². The zero-order chi connectivity index (χ0) is 20.1. The number of carbonyl (C=O) groups excluding carboxylic acids is 2. The smallest absolute Gasteiger partial charge is 0.249 e. The van der Waals surface area contributed by atoms with Gasteiger partial charge >= 0.3 is 0 Å². The summed E-state index contributed by atoms with van der Waals surface area (Å²) in [6, 6.07) is 19.1. The predicted octanol–water partition coefficient (Wildman–Crippen LogP) is 3.93. The van der Waals surface area contributed by atoms with Crippen molar-refractivity contribution >= 4 is 40.0 Å². The molecule has 3 aromatic rings. The van der Waals surface area contributed by atoms with E-state index in [9.17, 15) is 9.59 Å². The number of rotatable bonds is 6. The molecule has 4 rings (SSSR count). The highest BCUT2D eigenvalue weighted by atomic mass is 32.2. The van der Waals surface area contributed by atoms with Gasteiger partial charge in [-0.15, -0.1) is 22.0 Å². The summed E-state index contributed by atoms with van der Waals surface area (Å²) in [5.74, 6) is 0.111. The third-order valence-electron chi connectivity index (χ3n) is 4.66. The Kier molecular flexibility index (Phi) is 6.21. The lowest BCUT2D eigenvalue weighted by Gasteiger charge is -2.23. The molecular weight excluding hydrogens is 404 g/mol. The second-order valence-electron chi connectivity index (χ2n) is 6.61. The maximum absolute atomic E-state index is 12.8. The first-order valence-corrected chi connectivity index (χ1v) is 11.2. The highest BCUT2D eigenvalue weighted by Gasteiger charge is 2.34. The zero-order valence-corrected chi connectivity index (χ0v) is 17.3. The Labute approximate surface area is 177 Å². The van der Waals surface area contributed by atoms with Crippen LogP contribution in [-0.2, 0) is 9.59 Å². The molecule has 1 unspecified atom stereocenters. The summed E-state index contributed by atoms with van der Waals surface area (Å²) in [6.07, 6.45) is 1.49. The van der Waals surface area contributed by atoms with Gasteiger partial charge in [-0.25, -0.2) is 0 Å². The van der Waals surface area contributed by atoms with Crippen LogP contribution in [-0.4, -0.2) is 45.3 Å². The SMILES string of the molecule is O=C(Nc1nnc(-c2ccccc2)s1)C1CCCN1C(=O)CSc1ccccc1. The van der Waals surface area contributed by atoms with E-state index in [2.05, 4.69) is 15.5 Å². The number of thioether (sulfide) groups is 1. The van der Waals surface area contributed by atoms with E-state index >= 15 is 0 Å². The molecule has 1 aliphatic heterocycles. The summed E-state index contributed by atoms with van der Waals surface area (Å²) >= 11 is 2.82. The van der Waals surface area contributed by atoms with Crippen LogP contribution < -0.4 is 5.32 Å². The molecule has 1 fully saturated rings. The lowest BCUT2D eigenvalue weighted by atomic mass is 10.2. The van der Waals surface area contributed by atoms with Crippen LogP contribution in [0.4, 0.5) is 5.13 Å². The van der Waals surface area contributed by atoms with E-state index in [1.165, 1.54) is 23.1 Å². The molecule has 148 valence electrons. The van der Waals surface area contributed by atoms with Crippen molar-refractivity contribution in [1.82, 2.24) is 15.1 Å². The highest BCUT2D eigenvalue weighted by Crippen LogP contribution is 2.27. The Bertz CT molecular complexity index is 979. The van der Waals surface area contributed by atoms with Crippen molar-refractivity contribution in [2.24, 2.45) is 0 Å². The number of hydrogen-bond acceptors (Lipinski definition) is 6. The second kappa shape index (κ2) is 9.19. The van der Waals surface area contributed by atoms with E-state index in [-0.39, 0.29) is 11.8 Å². The van der Waals surface area contributed by atoms with Crippen molar-refractivity contribution in [2.75, 3.05) is 17.6 Å². The van der Waals surface area contributed by atoms with Gasteiger partial charge in [0, 0.05) is 17.0 Å². The fourth-order valence-corrected chi connectivity index (χ4v) is 4.80. The fraction of sp³-hybridized carbons (Fsp3) is 0.238. The number of aromatic nitrogens is 2. The lowest BCUT2D eigenvalue weighted by Crippen LogP contribution is -2.43. The normalized spacial score (nSPS) is 16.0. The van der Waals surface area contributed by atoms with E-state index in [1.807, 2.05) is 60.7 Å². The van der Waals surface area contributed by atoms with Gasteiger partial charge in [0.15, 0.2) is 0 Å². The number of nitrogens with zero attached hydrogens (tertiary/aromatic N) is 3. The molecule has 1 N–H and O–H groups in total. The van der Waals surface area contributed by atoms with Gasteiger partial charge in [-0.1, -0.05) is 59.9 Å². The first kappa shape index (κ1) is 19.6. The summed E-state index contributed by atoms with van der Waals surface area (Å²) in [4.78, 5) is 28.2. The molecule has 1 aliphatic rings. The molecule has 0 spiro atoms. The minimum atomic E-state index is -0.456. The van der Waals surface area contributed by atoms with Gasteiger partial charge in [0.05, 0.1) is 5.75 Å². The molecular formula is C21H20N4O2S2. The van der Waals surface area contributed by atoms with Crippen LogP contribution in [0.1, 0.15) is 12.8 Å². The molecule has 0 radical (unpaired) electrons. The van der Waals surface area contributed by atoms with Gasteiger partial charge in [0.25, 0.3) is 0 Å². The number of nitrogens with one attached hydrogen (secondary N) is 1. The maximum atomic E-state index is 12.8. The molecule has 2 aromatic carbocycles. The molecule has 1 saturated heterocycles. The van der Waals surface area contributed by atoms with Crippen molar-refractivity contribution in [2.45, 2.75) is 23.8 Å². The van der Waals surface area contributed by atoms with Gasteiger partial charge in [-0.05, 0) is 25.0 Å². The molecule has 6 nitrogen and oxygen atoms in total. The van der Waals surface area contributed by atoms with Crippen LogP contribution in [0.25, 0.3) is 10.6 Å². The van der Waals surface area contributed by atoms with Crippen molar-refractivity contribution in [3.8, 4) is 10.6 Å². The van der Waals surface area contributed by atoms with Gasteiger partial charge in [-0.2, -0.15) is 0 Å². The van der Waals surface area contributed by atoms with E-state index in [1.54, 1.807) is 4.90 Å². The quantitative estimate of drug-likeness (QED) is 0.607. The van der Waals surface area contributed by atoms with Crippen LogP contribution in [0.5, 0.6) is 0 Å². The Balaban J connectivity index is 1.36. The Morgan fingerprint density at radius 3 is 2.55 bits per heavy atom. The molecule has 1 atom stereocenters. The summed E-state index contributed by atoms with van der Waals surface area (Å²) in [6.45, 7) is 0.609. The summed E-state index contributed by atoms with van der Waals surface area (Å²) in [5.41, 5.74) is 0.959. The summed E-state index contributed by atoms with van der Waals surface area (Å²) < 4.78 is 0. The minimum absolute atomic E-state index is 0.0151. The van der Waals surface area contributed by atoms with Crippen LogP contribution in [0.3, 0.4) is 0 Å². The predicted molar refractivity (Wildman–Crippen MR) is 116 cm³/mol. The van der Waals surface area contributed by atoms with Crippen LogP contribution in [0, 0.1) is 0 Å². The Morgan fingerprint density at radius 2 is 1.79 bits per heavy atom. The molecule has 0 bridgehead atoms. The van der Waals surface area contributed by atoms with Crippen LogP contribution in [0.15, 0.2) is 65.6 Å². The monoisotopic (exact) mass is 424 g/mol. The van der Waals surface area contributed by atoms with Gasteiger partial charge in [0.1, 0.15) is 11.0 Å². The average molecular weight is 425 g/mol. The average Bonchev–Trinajstić information content (AvgIpc) is 3.43. The zero-order valence-electron chi connectivity index (χ0n) is 15.7. The number of anilines is 1. The Hall–Kier alpha value is -2.71. The topological polar surface area (TPSA) is 75.2 Å². The van der Waals surface area contributed by atoms with Gasteiger partial charge in [0.2, 0.25) is 16.9 Å². The van der Waals surface area contributed by atoms with E-state index in [0.717, 1.165) is 21.9 Å². The lowest BCUT2D eigenvalue weighted by molar-refractivity contribution is -0.134. The van der Waals surface area contributed by atoms with E-state index in [4.69, 9.17) is 0 Å². The highest BCUT2D eigenvalue weighted by molar-refractivity contribution is 8.00. The molecule has 1 aromatic heterocycles. The molecule has 29 heavy (non-hydrogen) atoms. The fourth-order valence-electron chi connectivity index (χ4n) is 3.24. The molecule has 0 aliphatic carbocycles. The van der Waals surface area contributed by atoms with Crippen molar-refractivity contribution in [1.29, 1.82) is 0 Å². The molecule has 2 amide bonds. The minimum Gasteiger partial charge on any atom is -0.330 e. The van der Waals surface area contributed by atoms with Gasteiger partial charge < -0.3 is 4.90 Å². The van der Waals surface area contributed by atoms with Crippen LogP contribution in [0.2, 0.25) is 0 Å². The third kappa shape index (κ3) is 4.83. The summed E-state index contributed by atoms with van der Waals surface area (Å²) in [7, 11) is 0. The largest absolute Gasteiger partial charge is 0.330 e. The molecule has 2 heterocycles. The Morgan fingerprint density at radius 1 is 1.07 bits per heavy atom. The number of amides is 2. The molecule has 8 heteroatoms. The number of likely N-dealkylation sites (tertiary alicyclic amines) is 1.